The zero-order chi connectivity index (χ0) is 16.4. The SMILES string of the molecule is O=C(Nc1ccc(C2CCC2)cc1)N1CCOC[C@@H]1c1ncn[nH]1. The third kappa shape index (κ3) is 2.99. The van der Waals surface area contributed by atoms with Crippen LogP contribution in [0.1, 0.15) is 42.6 Å². The van der Waals surface area contributed by atoms with Crippen molar-refractivity contribution < 1.29 is 9.53 Å². The smallest absolute Gasteiger partial charge is 0.322 e. The van der Waals surface area contributed by atoms with Gasteiger partial charge in [0, 0.05) is 12.2 Å². The third-order valence-electron chi connectivity index (χ3n) is 4.88. The number of benzene rings is 1. The van der Waals surface area contributed by atoms with Gasteiger partial charge < -0.3 is 15.0 Å². The summed E-state index contributed by atoms with van der Waals surface area (Å²) in [6.45, 7) is 1.47. The largest absolute Gasteiger partial charge is 0.377 e. The second-order valence-electron chi connectivity index (χ2n) is 6.33. The quantitative estimate of drug-likeness (QED) is 0.908. The molecule has 0 spiro atoms. The molecule has 1 atom stereocenters. The van der Waals surface area contributed by atoms with Crippen molar-refractivity contribution in [3.63, 3.8) is 0 Å². The Morgan fingerprint density at radius 3 is 2.79 bits per heavy atom. The zero-order valence-electron chi connectivity index (χ0n) is 13.4. The molecule has 1 aliphatic carbocycles. The minimum absolute atomic E-state index is 0.143. The number of hydrogen-bond donors (Lipinski definition) is 2. The highest BCUT2D eigenvalue weighted by atomic mass is 16.5. The Balaban J connectivity index is 1.44. The molecule has 7 nitrogen and oxygen atoms in total. The minimum Gasteiger partial charge on any atom is -0.377 e. The van der Waals surface area contributed by atoms with E-state index in [1.54, 1.807) is 4.90 Å². The molecule has 1 aliphatic heterocycles. The van der Waals surface area contributed by atoms with Gasteiger partial charge in [-0.2, -0.15) is 5.10 Å². The van der Waals surface area contributed by atoms with Gasteiger partial charge in [0.25, 0.3) is 0 Å². The van der Waals surface area contributed by atoms with Gasteiger partial charge >= 0.3 is 6.03 Å². The van der Waals surface area contributed by atoms with Gasteiger partial charge in [0.2, 0.25) is 0 Å². The second-order valence-corrected chi connectivity index (χ2v) is 6.33. The predicted molar refractivity (Wildman–Crippen MR) is 88.7 cm³/mol. The average molecular weight is 327 g/mol. The summed E-state index contributed by atoms with van der Waals surface area (Å²) in [4.78, 5) is 18.6. The maximum atomic E-state index is 12.7. The van der Waals surface area contributed by atoms with Crippen molar-refractivity contribution in [2.75, 3.05) is 25.1 Å². The van der Waals surface area contributed by atoms with Gasteiger partial charge in [-0.15, -0.1) is 0 Å². The molecule has 1 aromatic heterocycles. The van der Waals surface area contributed by atoms with Crippen LogP contribution in [0, 0.1) is 0 Å². The maximum absolute atomic E-state index is 12.7. The van der Waals surface area contributed by atoms with Crippen LogP contribution < -0.4 is 5.32 Å². The average Bonchev–Trinajstić information content (AvgIpc) is 3.09. The Bertz CT molecular complexity index is 682. The molecule has 2 N–H and O–H groups in total. The van der Waals surface area contributed by atoms with Crippen LogP contribution in [-0.2, 0) is 4.74 Å². The number of aromatic amines is 1. The van der Waals surface area contributed by atoms with Gasteiger partial charge in [0.15, 0.2) is 0 Å². The lowest BCUT2D eigenvalue weighted by Crippen LogP contribution is -2.45. The van der Waals surface area contributed by atoms with Crippen LogP contribution in [0.2, 0.25) is 0 Å². The van der Waals surface area contributed by atoms with Crippen molar-refractivity contribution in [1.29, 1.82) is 0 Å². The number of urea groups is 1. The highest BCUT2D eigenvalue weighted by molar-refractivity contribution is 5.89. The molecule has 2 heterocycles. The first-order valence-electron chi connectivity index (χ1n) is 8.42. The van der Waals surface area contributed by atoms with E-state index in [4.69, 9.17) is 4.74 Å². The fourth-order valence-corrected chi connectivity index (χ4v) is 3.22. The van der Waals surface area contributed by atoms with E-state index in [1.165, 1.54) is 31.2 Å². The maximum Gasteiger partial charge on any atom is 0.322 e. The van der Waals surface area contributed by atoms with Crippen molar-refractivity contribution in [3.8, 4) is 0 Å². The van der Waals surface area contributed by atoms with Gasteiger partial charge in [-0.25, -0.2) is 9.78 Å². The molecule has 1 saturated heterocycles. The fraction of sp³-hybridized carbons (Fsp3) is 0.471. The van der Waals surface area contributed by atoms with Crippen LogP contribution in [0.25, 0.3) is 0 Å². The van der Waals surface area contributed by atoms with Crippen LogP contribution in [0.4, 0.5) is 10.5 Å². The summed E-state index contributed by atoms with van der Waals surface area (Å²) in [6.07, 6.45) is 5.32. The molecule has 24 heavy (non-hydrogen) atoms. The van der Waals surface area contributed by atoms with E-state index in [9.17, 15) is 4.79 Å². The normalized spacial score (nSPS) is 21.3. The lowest BCUT2D eigenvalue weighted by molar-refractivity contribution is 0.0118. The van der Waals surface area contributed by atoms with E-state index < -0.39 is 0 Å². The number of morpholine rings is 1. The monoisotopic (exact) mass is 327 g/mol. The van der Waals surface area contributed by atoms with Gasteiger partial charge in [-0.3, -0.25) is 5.10 Å². The second kappa shape index (κ2) is 6.60. The number of amides is 2. The van der Waals surface area contributed by atoms with Crippen LogP contribution in [0.15, 0.2) is 30.6 Å². The molecular weight excluding hydrogens is 306 g/mol. The molecule has 1 aromatic carbocycles. The first-order chi connectivity index (χ1) is 11.8. The Morgan fingerprint density at radius 2 is 2.12 bits per heavy atom. The molecule has 2 fully saturated rings. The summed E-state index contributed by atoms with van der Waals surface area (Å²) in [5, 5.41) is 9.67. The van der Waals surface area contributed by atoms with E-state index in [2.05, 4.69) is 32.6 Å². The van der Waals surface area contributed by atoms with E-state index in [0.717, 1.165) is 5.69 Å². The summed E-state index contributed by atoms with van der Waals surface area (Å²) in [7, 11) is 0. The Kier molecular flexibility index (Phi) is 4.17. The number of rotatable bonds is 3. The minimum atomic E-state index is -0.240. The van der Waals surface area contributed by atoms with E-state index in [1.807, 2.05) is 12.1 Å². The van der Waals surface area contributed by atoms with Crippen molar-refractivity contribution >= 4 is 11.7 Å². The van der Waals surface area contributed by atoms with Gasteiger partial charge in [-0.05, 0) is 36.5 Å². The fourth-order valence-electron chi connectivity index (χ4n) is 3.22. The van der Waals surface area contributed by atoms with Crippen LogP contribution >= 0.6 is 0 Å². The number of ether oxygens (including phenoxy) is 1. The van der Waals surface area contributed by atoms with E-state index in [0.29, 0.717) is 31.5 Å². The molecule has 2 aliphatic rings. The topological polar surface area (TPSA) is 83.1 Å². The molecule has 2 aromatic rings. The molecule has 2 amide bonds. The number of anilines is 1. The number of H-pyrrole nitrogens is 1. The molecule has 126 valence electrons. The van der Waals surface area contributed by atoms with Gasteiger partial charge in [0.1, 0.15) is 18.2 Å². The molecule has 1 saturated carbocycles. The van der Waals surface area contributed by atoms with E-state index in [-0.39, 0.29) is 12.1 Å². The van der Waals surface area contributed by atoms with Crippen molar-refractivity contribution in [3.05, 3.63) is 42.0 Å². The van der Waals surface area contributed by atoms with Crippen molar-refractivity contribution in [1.82, 2.24) is 20.1 Å². The Labute approximate surface area is 140 Å². The van der Waals surface area contributed by atoms with Crippen LogP contribution in [0.3, 0.4) is 0 Å². The standard InChI is InChI=1S/C17H21N5O2/c23-17(20-14-6-4-13(5-7-14)12-2-1-3-12)22-8-9-24-10-15(22)16-18-11-19-21-16/h4-7,11-12,15H,1-3,8-10H2,(H,20,23)(H,18,19,21)/t15-/m1/s1. The molecule has 7 heteroatoms. The van der Waals surface area contributed by atoms with Crippen LogP contribution in [-0.4, -0.2) is 45.9 Å². The first kappa shape index (κ1) is 15.1. The highest BCUT2D eigenvalue weighted by Gasteiger charge is 2.30. The summed E-state index contributed by atoms with van der Waals surface area (Å²) >= 11 is 0. The number of nitrogens with one attached hydrogen (secondary N) is 2. The third-order valence-corrected chi connectivity index (χ3v) is 4.88. The first-order valence-corrected chi connectivity index (χ1v) is 8.42. The summed E-state index contributed by atoms with van der Waals surface area (Å²) < 4.78 is 5.49. The lowest BCUT2D eigenvalue weighted by atomic mass is 9.80. The van der Waals surface area contributed by atoms with Gasteiger partial charge in [0.05, 0.1) is 13.2 Å². The number of carbonyl (C=O) groups is 1. The Morgan fingerprint density at radius 1 is 1.29 bits per heavy atom. The van der Waals surface area contributed by atoms with Crippen LogP contribution in [0.5, 0.6) is 0 Å². The zero-order valence-corrected chi connectivity index (χ0v) is 13.4. The molecule has 0 bridgehead atoms. The predicted octanol–water partition coefficient (Wildman–Crippen LogP) is 2.68. The number of carbonyl (C=O) groups excluding carboxylic acids is 1. The molecular formula is C17H21N5O2. The summed E-state index contributed by atoms with van der Waals surface area (Å²) in [6, 6.07) is 7.82. The van der Waals surface area contributed by atoms with Crippen molar-refractivity contribution in [2.24, 2.45) is 0 Å². The van der Waals surface area contributed by atoms with E-state index >= 15 is 0 Å². The number of hydrogen-bond acceptors (Lipinski definition) is 4. The summed E-state index contributed by atoms with van der Waals surface area (Å²) in [5.41, 5.74) is 2.18. The van der Waals surface area contributed by atoms with Gasteiger partial charge in [-0.1, -0.05) is 18.6 Å². The summed E-state index contributed by atoms with van der Waals surface area (Å²) in [5.74, 6) is 1.34. The molecule has 4 rings (SSSR count). The highest BCUT2D eigenvalue weighted by Crippen LogP contribution is 2.36. The Hall–Kier alpha value is -2.41. The number of nitrogens with zero attached hydrogens (tertiary/aromatic N) is 3. The van der Waals surface area contributed by atoms with Crippen molar-refractivity contribution in [2.45, 2.75) is 31.2 Å². The molecule has 0 radical (unpaired) electrons. The lowest BCUT2D eigenvalue weighted by Gasteiger charge is -2.34. The number of aromatic nitrogens is 3. The molecule has 0 unspecified atom stereocenters.